The highest BCUT2D eigenvalue weighted by molar-refractivity contribution is 6.20. The lowest BCUT2D eigenvalue weighted by Crippen LogP contribution is -2.31. The van der Waals surface area contributed by atoms with Gasteiger partial charge in [-0.25, -0.2) is 0 Å². The van der Waals surface area contributed by atoms with E-state index in [1.165, 1.54) is 5.56 Å². The molecule has 1 aromatic rings. The SMILES string of the molecule is CCC1C(Cl)CCOC1c1ccccc1. The zero-order valence-electron chi connectivity index (χ0n) is 9.03. The number of hydrogen-bond acceptors (Lipinski definition) is 1. The summed E-state index contributed by atoms with van der Waals surface area (Å²) in [5, 5.41) is 0.258. The first kappa shape index (κ1) is 11.0. The molecular weight excluding hydrogens is 208 g/mol. The molecule has 0 saturated carbocycles. The molecule has 0 radical (unpaired) electrons. The van der Waals surface area contributed by atoms with Crippen LogP contribution in [-0.2, 0) is 4.74 Å². The Morgan fingerprint density at radius 3 is 2.73 bits per heavy atom. The second-order valence-electron chi connectivity index (χ2n) is 4.08. The van der Waals surface area contributed by atoms with Gasteiger partial charge >= 0.3 is 0 Å². The van der Waals surface area contributed by atoms with E-state index in [0.717, 1.165) is 19.4 Å². The molecule has 1 nitrogen and oxygen atoms in total. The van der Waals surface area contributed by atoms with Crippen molar-refractivity contribution in [2.45, 2.75) is 31.2 Å². The molecule has 1 aliphatic rings. The summed E-state index contributed by atoms with van der Waals surface area (Å²) in [5.74, 6) is 0.447. The molecule has 3 unspecified atom stereocenters. The highest BCUT2D eigenvalue weighted by Crippen LogP contribution is 2.38. The topological polar surface area (TPSA) is 9.23 Å². The molecule has 15 heavy (non-hydrogen) atoms. The summed E-state index contributed by atoms with van der Waals surface area (Å²) in [6.07, 6.45) is 2.24. The van der Waals surface area contributed by atoms with Crippen LogP contribution in [0.2, 0.25) is 0 Å². The molecule has 0 aromatic heterocycles. The van der Waals surface area contributed by atoms with Crippen LogP contribution in [0, 0.1) is 5.92 Å². The van der Waals surface area contributed by atoms with Gasteiger partial charge in [0.15, 0.2) is 0 Å². The number of hydrogen-bond donors (Lipinski definition) is 0. The van der Waals surface area contributed by atoms with Crippen LogP contribution in [0.15, 0.2) is 30.3 Å². The van der Waals surface area contributed by atoms with Gasteiger partial charge in [0.2, 0.25) is 0 Å². The van der Waals surface area contributed by atoms with E-state index in [9.17, 15) is 0 Å². The van der Waals surface area contributed by atoms with Crippen molar-refractivity contribution in [2.24, 2.45) is 5.92 Å². The van der Waals surface area contributed by atoms with Crippen molar-refractivity contribution in [3.63, 3.8) is 0 Å². The molecule has 0 aliphatic carbocycles. The predicted molar refractivity (Wildman–Crippen MR) is 63.2 cm³/mol. The standard InChI is InChI=1S/C13H17ClO/c1-2-11-12(14)8-9-15-13(11)10-6-4-3-5-7-10/h3-7,11-13H,2,8-9H2,1H3. The normalized spacial score (nSPS) is 31.5. The van der Waals surface area contributed by atoms with Crippen LogP contribution in [0.1, 0.15) is 31.4 Å². The smallest absolute Gasteiger partial charge is 0.0867 e. The monoisotopic (exact) mass is 224 g/mol. The van der Waals surface area contributed by atoms with E-state index in [1.54, 1.807) is 0 Å². The van der Waals surface area contributed by atoms with Gasteiger partial charge in [0.05, 0.1) is 6.10 Å². The summed E-state index contributed by atoms with van der Waals surface area (Å²) in [4.78, 5) is 0. The molecule has 1 fully saturated rings. The number of benzene rings is 1. The van der Waals surface area contributed by atoms with Gasteiger partial charge in [-0.3, -0.25) is 0 Å². The maximum atomic E-state index is 6.35. The minimum absolute atomic E-state index is 0.187. The molecule has 2 heteroatoms. The van der Waals surface area contributed by atoms with E-state index in [4.69, 9.17) is 16.3 Å². The van der Waals surface area contributed by atoms with Crippen molar-refractivity contribution in [2.75, 3.05) is 6.61 Å². The largest absolute Gasteiger partial charge is 0.373 e. The molecule has 3 atom stereocenters. The summed E-state index contributed by atoms with van der Waals surface area (Å²) >= 11 is 6.35. The molecular formula is C13H17ClO. The molecule has 82 valence electrons. The van der Waals surface area contributed by atoms with E-state index in [1.807, 2.05) is 6.07 Å². The Kier molecular flexibility index (Phi) is 3.66. The maximum Gasteiger partial charge on any atom is 0.0867 e. The summed E-state index contributed by atoms with van der Waals surface area (Å²) in [5.41, 5.74) is 1.26. The maximum absolute atomic E-state index is 6.35. The summed E-state index contributed by atoms with van der Waals surface area (Å²) < 4.78 is 5.85. The van der Waals surface area contributed by atoms with Crippen molar-refractivity contribution in [1.82, 2.24) is 0 Å². The molecule has 0 amide bonds. The number of halogens is 1. The quantitative estimate of drug-likeness (QED) is 0.695. The predicted octanol–water partition coefficient (Wildman–Crippen LogP) is 3.78. The van der Waals surface area contributed by atoms with E-state index in [-0.39, 0.29) is 11.5 Å². The van der Waals surface area contributed by atoms with Crippen molar-refractivity contribution in [1.29, 1.82) is 0 Å². The van der Waals surface area contributed by atoms with Gasteiger partial charge in [-0.15, -0.1) is 11.6 Å². The van der Waals surface area contributed by atoms with Crippen LogP contribution in [0.4, 0.5) is 0 Å². The van der Waals surface area contributed by atoms with E-state index >= 15 is 0 Å². The first-order chi connectivity index (χ1) is 7.33. The Morgan fingerprint density at radius 2 is 2.07 bits per heavy atom. The molecule has 0 spiro atoms. The van der Waals surface area contributed by atoms with Crippen LogP contribution in [0.5, 0.6) is 0 Å². The lowest BCUT2D eigenvalue weighted by molar-refractivity contribution is -0.0269. The highest BCUT2D eigenvalue weighted by Gasteiger charge is 2.32. The average Bonchev–Trinajstić information content (AvgIpc) is 2.30. The van der Waals surface area contributed by atoms with Gasteiger partial charge in [-0.1, -0.05) is 37.3 Å². The first-order valence-corrected chi connectivity index (χ1v) is 6.07. The minimum atomic E-state index is 0.187. The van der Waals surface area contributed by atoms with Gasteiger partial charge < -0.3 is 4.74 Å². The zero-order valence-corrected chi connectivity index (χ0v) is 9.78. The Balaban J connectivity index is 2.19. The number of ether oxygens (including phenoxy) is 1. The third-order valence-electron chi connectivity index (χ3n) is 3.14. The third kappa shape index (κ3) is 2.35. The van der Waals surface area contributed by atoms with E-state index in [0.29, 0.717) is 5.92 Å². The van der Waals surface area contributed by atoms with Gasteiger partial charge in [0.1, 0.15) is 0 Å². The Labute approximate surface area is 96.4 Å². The minimum Gasteiger partial charge on any atom is -0.373 e. The fourth-order valence-electron chi connectivity index (χ4n) is 2.29. The second-order valence-corrected chi connectivity index (χ2v) is 4.64. The van der Waals surface area contributed by atoms with E-state index < -0.39 is 0 Å². The van der Waals surface area contributed by atoms with Crippen LogP contribution >= 0.6 is 11.6 Å². The lowest BCUT2D eigenvalue weighted by Gasteiger charge is -2.35. The number of alkyl halides is 1. The van der Waals surface area contributed by atoms with Crippen molar-refractivity contribution in [3.05, 3.63) is 35.9 Å². The average molecular weight is 225 g/mol. The van der Waals surface area contributed by atoms with E-state index in [2.05, 4.69) is 31.2 Å². The van der Waals surface area contributed by atoms with Gasteiger partial charge in [-0.2, -0.15) is 0 Å². The third-order valence-corrected chi connectivity index (χ3v) is 3.69. The van der Waals surface area contributed by atoms with Crippen molar-refractivity contribution in [3.8, 4) is 0 Å². The van der Waals surface area contributed by atoms with Crippen molar-refractivity contribution < 1.29 is 4.74 Å². The molecule has 1 saturated heterocycles. The lowest BCUT2D eigenvalue weighted by atomic mass is 9.87. The molecule has 2 rings (SSSR count). The molecule has 0 bridgehead atoms. The Hall–Kier alpha value is -0.530. The van der Waals surface area contributed by atoms with Gasteiger partial charge in [-0.05, 0) is 18.4 Å². The van der Waals surface area contributed by atoms with Gasteiger partial charge in [0, 0.05) is 17.9 Å². The Morgan fingerprint density at radius 1 is 1.33 bits per heavy atom. The van der Waals surface area contributed by atoms with Crippen LogP contribution < -0.4 is 0 Å². The van der Waals surface area contributed by atoms with Crippen molar-refractivity contribution >= 4 is 11.6 Å². The fraction of sp³-hybridized carbons (Fsp3) is 0.538. The molecule has 1 heterocycles. The molecule has 1 aliphatic heterocycles. The summed E-state index contributed by atoms with van der Waals surface area (Å²) in [7, 11) is 0. The Bertz CT molecular complexity index is 299. The summed E-state index contributed by atoms with van der Waals surface area (Å²) in [6, 6.07) is 10.4. The fourth-order valence-corrected chi connectivity index (χ4v) is 2.69. The number of rotatable bonds is 2. The zero-order chi connectivity index (χ0) is 10.7. The molecule has 0 N–H and O–H groups in total. The highest BCUT2D eigenvalue weighted by atomic mass is 35.5. The van der Waals surface area contributed by atoms with Crippen LogP contribution in [0.3, 0.4) is 0 Å². The summed E-state index contributed by atoms with van der Waals surface area (Å²) in [6.45, 7) is 2.97. The van der Waals surface area contributed by atoms with Gasteiger partial charge in [0.25, 0.3) is 0 Å². The van der Waals surface area contributed by atoms with Crippen LogP contribution in [-0.4, -0.2) is 12.0 Å². The first-order valence-electron chi connectivity index (χ1n) is 5.63. The van der Waals surface area contributed by atoms with Crippen LogP contribution in [0.25, 0.3) is 0 Å². The molecule has 1 aromatic carbocycles. The second kappa shape index (κ2) is 5.00.